The van der Waals surface area contributed by atoms with Gasteiger partial charge in [0.2, 0.25) is 0 Å². The monoisotopic (exact) mass is 245 g/mol. The summed E-state index contributed by atoms with van der Waals surface area (Å²) in [7, 11) is 0. The Balaban J connectivity index is 1.94. The van der Waals surface area contributed by atoms with Gasteiger partial charge in [0.1, 0.15) is 0 Å². The molecule has 1 amide bonds. The Labute approximate surface area is 110 Å². The number of carbonyl (C=O) groups is 1. The van der Waals surface area contributed by atoms with Gasteiger partial charge in [0.25, 0.3) is 5.91 Å². The van der Waals surface area contributed by atoms with E-state index in [2.05, 4.69) is 26.1 Å². The van der Waals surface area contributed by atoms with Gasteiger partial charge < -0.3 is 5.32 Å². The maximum Gasteiger partial charge on any atom is 0.251 e. The minimum Gasteiger partial charge on any atom is -0.349 e. The van der Waals surface area contributed by atoms with Crippen LogP contribution in [0.3, 0.4) is 0 Å². The van der Waals surface area contributed by atoms with Gasteiger partial charge in [-0.05, 0) is 42.7 Å². The lowest BCUT2D eigenvalue weighted by molar-refractivity contribution is 0.0854. The van der Waals surface area contributed by atoms with E-state index in [-0.39, 0.29) is 5.91 Å². The summed E-state index contributed by atoms with van der Waals surface area (Å²) in [6, 6.07) is 9.81. The summed E-state index contributed by atoms with van der Waals surface area (Å²) >= 11 is 0. The first-order valence-electron chi connectivity index (χ1n) is 6.85. The average molecular weight is 245 g/mol. The molecule has 0 saturated heterocycles. The highest BCUT2D eigenvalue weighted by atomic mass is 16.1. The smallest absolute Gasteiger partial charge is 0.251 e. The third kappa shape index (κ3) is 2.92. The van der Waals surface area contributed by atoms with E-state index in [1.54, 1.807) is 0 Å². The third-order valence-corrected chi connectivity index (χ3v) is 4.48. The van der Waals surface area contributed by atoms with Crippen molar-refractivity contribution >= 4 is 5.91 Å². The third-order valence-electron chi connectivity index (χ3n) is 4.48. The van der Waals surface area contributed by atoms with Gasteiger partial charge in [-0.15, -0.1) is 0 Å². The highest BCUT2D eigenvalue weighted by Crippen LogP contribution is 2.40. The normalized spacial score (nSPS) is 26.6. The predicted molar refractivity (Wildman–Crippen MR) is 74.5 cm³/mol. The quantitative estimate of drug-likeness (QED) is 0.847. The molecule has 1 fully saturated rings. The zero-order valence-electron chi connectivity index (χ0n) is 11.6. The molecule has 2 heteroatoms. The standard InChI is InChI=1S/C16H23NO/c1-12-11-14(9-10-16(12,2)3)17-15(18)13-7-5-4-6-8-13/h4-8,12,14H,9-11H2,1-3H3,(H,17,18)/t12-,14?/m0/s1. The maximum atomic E-state index is 12.1. The summed E-state index contributed by atoms with van der Waals surface area (Å²) in [5, 5.41) is 3.16. The molecule has 98 valence electrons. The zero-order chi connectivity index (χ0) is 13.2. The highest BCUT2D eigenvalue weighted by molar-refractivity contribution is 5.94. The molecule has 0 heterocycles. The lowest BCUT2D eigenvalue weighted by Gasteiger charge is -2.40. The molecule has 1 aromatic carbocycles. The minimum absolute atomic E-state index is 0.0625. The van der Waals surface area contributed by atoms with Gasteiger partial charge in [-0.2, -0.15) is 0 Å². The summed E-state index contributed by atoms with van der Waals surface area (Å²) in [6.45, 7) is 6.95. The fourth-order valence-electron chi connectivity index (χ4n) is 2.65. The minimum atomic E-state index is 0.0625. The Morgan fingerprint density at radius 1 is 1.28 bits per heavy atom. The number of benzene rings is 1. The molecule has 2 rings (SSSR count). The summed E-state index contributed by atoms with van der Waals surface area (Å²) < 4.78 is 0. The first-order valence-corrected chi connectivity index (χ1v) is 6.85. The van der Waals surface area contributed by atoms with E-state index < -0.39 is 0 Å². The Bertz CT molecular complexity index is 410. The topological polar surface area (TPSA) is 29.1 Å². The molecule has 18 heavy (non-hydrogen) atoms. The first kappa shape index (κ1) is 13.1. The Morgan fingerprint density at radius 3 is 2.56 bits per heavy atom. The van der Waals surface area contributed by atoms with Crippen LogP contribution in [0.4, 0.5) is 0 Å². The van der Waals surface area contributed by atoms with Gasteiger partial charge in [0.15, 0.2) is 0 Å². The molecular formula is C16H23NO. The van der Waals surface area contributed by atoms with Crippen molar-refractivity contribution in [3.63, 3.8) is 0 Å². The number of hydrogen-bond donors (Lipinski definition) is 1. The van der Waals surface area contributed by atoms with Crippen LogP contribution in [-0.4, -0.2) is 11.9 Å². The van der Waals surface area contributed by atoms with Crippen molar-refractivity contribution in [1.29, 1.82) is 0 Å². The van der Waals surface area contributed by atoms with Crippen LogP contribution >= 0.6 is 0 Å². The van der Waals surface area contributed by atoms with Crippen molar-refractivity contribution in [2.45, 2.75) is 46.1 Å². The molecule has 2 nitrogen and oxygen atoms in total. The molecule has 0 radical (unpaired) electrons. The predicted octanol–water partition coefficient (Wildman–Crippen LogP) is 3.63. The van der Waals surface area contributed by atoms with Gasteiger partial charge in [0.05, 0.1) is 0 Å². The van der Waals surface area contributed by atoms with Crippen LogP contribution in [0.25, 0.3) is 0 Å². The van der Waals surface area contributed by atoms with E-state index in [4.69, 9.17) is 0 Å². The number of amides is 1. The van der Waals surface area contributed by atoms with Crippen LogP contribution < -0.4 is 5.32 Å². The second kappa shape index (κ2) is 5.13. The van der Waals surface area contributed by atoms with Crippen LogP contribution in [0.15, 0.2) is 30.3 Å². The molecule has 1 aromatic rings. The number of rotatable bonds is 2. The van der Waals surface area contributed by atoms with Crippen molar-refractivity contribution in [1.82, 2.24) is 5.32 Å². The second-order valence-electron chi connectivity index (χ2n) is 6.20. The number of hydrogen-bond acceptors (Lipinski definition) is 1. The van der Waals surface area contributed by atoms with E-state index in [1.807, 2.05) is 30.3 Å². The largest absolute Gasteiger partial charge is 0.349 e. The van der Waals surface area contributed by atoms with Crippen LogP contribution in [0.1, 0.15) is 50.4 Å². The fraction of sp³-hybridized carbons (Fsp3) is 0.562. The van der Waals surface area contributed by atoms with Gasteiger partial charge >= 0.3 is 0 Å². The van der Waals surface area contributed by atoms with E-state index >= 15 is 0 Å². The first-order chi connectivity index (χ1) is 8.49. The molecule has 0 aromatic heterocycles. The summed E-state index contributed by atoms with van der Waals surface area (Å²) in [5.41, 5.74) is 1.17. The van der Waals surface area contributed by atoms with E-state index in [9.17, 15) is 4.79 Å². The Hall–Kier alpha value is -1.31. The van der Waals surface area contributed by atoms with E-state index in [0.717, 1.165) is 18.4 Å². The highest BCUT2D eigenvalue weighted by Gasteiger charge is 2.33. The summed E-state index contributed by atoms with van der Waals surface area (Å²) in [6.07, 6.45) is 3.37. The molecular weight excluding hydrogens is 222 g/mol. The lowest BCUT2D eigenvalue weighted by Crippen LogP contribution is -2.42. The Morgan fingerprint density at radius 2 is 1.94 bits per heavy atom. The number of nitrogens with one attached hydrogen (secondary N) is 1. The van der Waals surface area contributed by atoms with Crippen LogP contribution in [0, 0.1) is 11.3 Å². The second-order valence-corrected chi connectivity index (χ2v) is 6.20. The van der Waals surface area contributed by atoms with E-state index in [0.29, 0.717) is 17.4 Å². The molecule has 2 atom stereocenters. The summed E-state index contributed by atoms with van der Waals surface area (Å²) in [5.74, 6) is 0.722. The van der Waals surface area contributed by atoms with Crippen LogP contribution in [0.2, 0.25) is 0 Å². The zero-order valence-corrected chi connectivity index (χ0v) is 11.6. The van der Waals surface area contributed by atoms with Gasteiger partial charge in [-0.3, -0.25) is 4.79 Å². The molecule has 1 N–H and O–H groups in total. The van der Waals surface area contributed by atoms with Crippen molar-refractivity contribution in [2.75, 3.05) is 0 Å². The van der Waals surface area contributed by atoms with Crippen molar-refractivity contribution in [3.8, 4) is 0 Å². The van der Waals surface area contributed by atoms with Crippen LogP contribution in [-0.2, 0) is 0 Å². The molecule has 1 aliphatic carbocycles. The molecule has 0 spiro atoms. The van der Waals surface area contributed by atoms with Gasteiger partial charge in [-0.25, -0.2) is 0 Å². The molecule has 1 aliphatic rings. The summed E-state index contributed by atoms with van der Waals surface area (Å²) in [4.78, 5) is 12.1. The van der Waals surface area contributed by atoms with Crippen molar-refractivity contribution in [3.05, 3.63) is 35.9 Å². The number of carbonyl (C=O) groups excluding carboxylic acids is 1. The van der Waals surface area contributed by atoms with Gasteiger partial charge in [-0.1, -0.05) is 39.0 Å². The fourth-order valence-corrected chi connectivity index (χ4v) is 2.65. The average Bonchev–Trinajstić information content (AvgIpc) is 2.35. The Kier molecular flexibility index (Phi) is 3.74. The molecule has 0 aliphatic heterocycles. The molecule has 0 bridgehead atoms. The van der Waals surface area contributed by atoms with Crippen molar-refractivity contribution < 1.29 is 4.79 Å². The maximum absolute atomic E-state index is 12.1. The molecule has 1 saturated carbocycles. The van der Waals surface area contributed by atoms with E-state index in [1.165, 1.54) is 6.42 Å². The van der Waals surface area contributed by atoms with Crippen LogP contribution in [0.5, 0.6) is 0 Å². The lowest BCUT2D eigenvalue weighted by atomic mass is 9.68. The van der Waals surface area contributed by atoms with Gasteiger partial charge in [0, 0.05) is 11.6 Å². The SMILES string of the molecule is C[C@H]1CC(NC(=O)c2ccccc2)CCC1(C)C. The molecule has 1 unspecified atom stereocenters. The van der Waals surface area contributed by atoms with Crippen molar-refractivity contribution in [2.24, 2.45) is 11.3 Å².